The second-order valence-electron chi connectivity index (χ2n) is 6.86. The summed E-state index contributed by atoms with van der Waals surface area (Å²) in [5.74, 6) is -1.11. The first-order valence-corrected chi connectivity index (χ1v) is 9.90. The van der Waals surface area contributed by atoms with E-state index in [0.29, 0.717) is 16.7 Å². The van der Waals surface area contributed by atoms with Crippen LogP contribution in [0.25, 0.3) is 6.08 Å². The Morgan fingerprint density at radius 3 is 2.50 bits per heavy atom. The quantitative estimate of drug-likeness (QED) is 0.204. The number of amides is 2. The molecule has 0 aliphatic rings. The van der Waals surface area contributed by atoms with Crippen LogP contribution in [0, 0.1) is 10.1 Å². The molecule has 0 atom stereocenters. The molecule has 0 aliphatic heterocycles. The van der Waals surface area contributed by atoms with Gasteiger partial charge in [0.2, 0.25) is 0 Å². The van der Waals surface area contributed by atoms with Gasteiger partial charge in [-0.15, -0.1) is 0 Å². The fourth-order valence-electron chi connectivity index (χ4n) is 2.84. The highest BCUT2D eigenvalue weighted by Gasteiger charge is 2.15. The molecular formula is C24H20N4O6. The van der Waals surface area contributed by atoms with Gasteiger partial charge in [0, 0.05) is 17.7 Å². The minimum atomic E-state index is -0.752. The van der Waals surface area contributed by atoms with Crippen LogP contribution in [0.5, 0.6) is 11.5 Å². The van der Waals surface area contributed by atoms with Crippen LogP contribution < -0.4 is 15.5 Å². The van der Waals surface area contributed by atoms with Gasteiger partial charge in [-0.05, 0) is 47.5 Å². The molecule has 0 aliphatic carbocycles. The molecule has 0 radical (unpaired) electrons. The summed E-state index contributed by atoms with van der Waals surface area (Å²) < 4.78 is 5.03. The van der Waals surface area contributed by atoms with Crippen molar-refractivity contribution in [1.29, 1.82) is 0 Å². The van der Waals surface area contributed by atoms with Crippen LogP contribution in [0.15, 0.2) is 83.6 Å². The van der Waals surface area contributed by atoms with E-state index in [4.69, 9.17) is 4.74 Å². The number of benzene rings is 3. The predicted molar refractivity (Wildman–Crippen MR) is 125 cm³/mol. The lowest BCUT2D eigenvalue weighted by Gasteiger charge is -2.09. The average molecular weight is 460 g/mol. The van der Waals surface area contributed by atoms with Gasteiger partial charge in [0.1, 0.15) is 5.70 Å². The SMILES string of the molecule is COc1cc(/C=N/NC(=O)C(=Cc2cccc([N+](=O)[O-])c2)NC(=O)c2ccccc2)ccc1O. The number of non-ortho nitro benzene ring substituents is 1. The minimum absolute atomic E-state index is 0.0468. The Morgan fingerprint density at radius 1 is 1.03 bits per heavy atom. The summed E-state index contributed by atoms with van der Waals surface area (Å²) in [5, 5.41) is 27.1. The molecule has 3 aromatic carbocycles. The van der Waals surface area contributed by atoms with Crippen LogP contribution >= 0.6 is 0 Å². The Bertz CT molecular complexity index is 1270. The van der Waals surface area contributed by atoms with Crippen LogP contribution in [-0.4, -0.2) is 35.2 Å². The number of hydrogen-bond donors (Lipinski definition) is 3. The summed E-state index contributed by atoms with van der Waals surface area (Å²) in [6, 6.07) is 18.4. The van der Waals surface area contributed by atoms with Crippen molar-refractivity contribution >= 4 is 29.8 Å². The zero-order valence-electron chi connectivity index (χ0n) is 18.0. The Hall–Kier alpha value is -4.99. The molecule has 0 saturated heterocycles. The maximum Gasteiger partial charge on any atom is 0.287 e. The number of nitrogens with zero attached hydrogens (tertiary/aromatic N) is 2. The number of aromatic hydroxyl groups is 1. The summed E-state index contributed by atoms with van der Waals surface area (Å²) in [4.78, 5) is 35.9. The van der Waals surface area contributed by atoms with Crippen molar-refractivity contribution in [3.8, 4) is 11.5 Å². The largest absolute Gasteiger partial charge is 0.504 e. The molecule has 0 saturated carbocycles. The van der Waals surface area contributed by atoms with Crippen molar-refractivity contribution in [2.45, 2.75) is 0 Å². The molecule has 0 aromatic heterocycles. The van der Waals surface area contributed by atoms with E-state index in [2.05, 4.69) is 15.8 Å². The number of phenols is 1. The smallest absolute Gasteiger partial charge is 0.287 e. The number of phenolic OH excluding ortho intramolecular Hbond substituents is 1. The summed E-state index contributed by atoms with van der Waals surface area (Å²) in [6.07, 6.45) is 2.63. The maximum absolute atomic E-state index is 12.8. The third-order valence-corrected chi connectivity index (χ3v) is 4.50. The lowest BCUT2D eigenvalue weighted by atomic mass is 10.1. The molecule has 10 heteroatoms. The number of carbonyl (C=O) groups is 2. The molecule has 0 bridgehead atoms. The lowest BCUT2D eigenvalue weighted by Crippen LogP contribution is -2.32. The number of carbonyl (C=O) groups excluding carboxylic acids is 2. The first-order chi connectivity index (χ1) is 16.4. The Balaban J connectivity index is 1.85. The number of rotatable bonds is 8. The van der Waals surface area contributed by atoms with Gasteiger partial charge in [0.05, 0.1) is 18.2 Å². The van der Waals surface area contributed by atoms with E-state index in [1.54, 1.807) is 42.5 Å². The summed E-state index contributed by atoms with van der Waals surface area (Å²) in [6.45, 7) is 0. The molecule has 3 aromatic rings. The van der Waals surface area contributed by atoms with Crippen molar-refractivity contribution in [3.05, 3.63) is 105 Å². The second-order valence-corrected chi connectivity index (χ2v) is 6.86. The van der Waals surface area contributed by atoms with E-state index in [-0.39, 0.29) is 22.9 Å². The van der Waals surface area contributed by atoms with Crippen molar-refractivity contribution in [3.63, 3.8) is 0 Å². The topological polar surface area (TPSA) is 143 Å². The molecule has 0 fully saturated rings. The van der Waals surface area contributed by atoms with E-state index in [1.165, 1.54) is 49.7 Å². The maximum atomic E-state index is 12.8. The first kappa shape index (κ1) is 23.7. The Kier molecular flexibility index (Phi) is 7.69. The van der Waals surface area contributed by atoms with Crippen molar-refractivity contribution in [1.82, 2.24) is 10.7 Å². The summed E-state index contributed by atoms with van der Waals surface area (Å²) in [5.41, 5.74) is 3.16. The molecule has 3 N–H and O–H groups in total. The van der Waals surface area contributed by atoms with Gasteiger partial charge in [0.25, 0.3) is 17.5 Å². The van der Waals surface area contributed by atoms with Gasteiger partial charge < -0.3 is 15.2 Å². The molecular weight excluding hydrogens is 440 g/mol. The van der Waals surface area contributed by atoms with E-state index in [1.807, 2.05) is 0 Å². The first-order valence-electron chi connectivity index (χ1n) is 9.90. The van der Waals surface area contributed by atoms with Gasteiger partial charge >= 0.3 is 0 Å². The standard InChI is InChI=1S/C24H20N4O6/c1-34-22-14-17(10-11-21(22)29)15-25-27-24(31)20(26-23(30)18-7-3-2-4-8-18)13-16-6-5-9-19(12-16)28(32)33/h2-15,29H,1H3,(H,26,30)(H,27,31)/b20-13?,25-15+. The fraction of sp³-hybridized carbons (Fsp3) is 0.0417. The molecule has 0 heterocycles. The van der Waals surface area contributed by atoms with E-state index < -0.39 is 16.7 Å². The van der Waals surface area contributed by atoms with E-state index in [9.17, 15) is 24.8 Å². The van der Waals surface area contributed by atoms with Gasteiger partial charge in [-0.2, -0.15) is 5.10 Å². The third kappa shape index (κ3) is 6.26. The third-order valence-electron chi connectivity index (χ3n) is 4.50. The number of nitro benzene ring substituents is 1. The predicted octanol–water partition coefficient (Wildman–Crippen LogP) is 3.23. The van der Waals surface area contributed by atoms with Gasteiger partial charge in [-0.25, -0.2) is 5.43 Å². The van der Waals surface area contributed by atoms with Crippen molar-refractivity contribution in [2.75, 3.05) is 7.11 Å². The minimum Gasteiger partial charge on any atom is -0.504 e. The molecule has 3 rings (SSSR count). The number of nitro groups is 1. The summed E-state index contributed by atoms with van der Waals surface area (Å²) >= 11 is 0. The normalized spacial score (nSPS) is 11.1. The lowest BCUT2D eigenvalue weighted by molar-refractivity contribution is -0.384. The van der Waals surface area contributed by atoms with Gasteiger partial charge in [-0.1, -0.05) is 30.3 Å². The number of hydrogen-bond acceptors (Lipinski definition) is 7. The Morgan fingerprint density at radius 2 is 1.79 bits per heavy atom. The molecule has 2 amide bonds. The van der Waals surface area contributed by atoms with Crippen molar-refractivity contribution < 1.29 is 24.4 Å². The molecule has 34 heavy (non-hydrogen) atoms. The molecule has 10 nitrogen and oxygen atoms in total. The zero-order chi connectivity index (χ0) is 24.5. The zero-order valence-corrected chi connectivity index (χ0v) is 18.0. The van der Waals surface area contributed by atoms with Gasteiger partial charge in [0.15, 0.2) is 11.5 Å². The highest BCUT2D eigenvalue weighted by molar-refractivity contribution is 6.05. The second kappa shape index (κ2) is 11.0. The Labute approximate surface area is 194 Å². The van der Waals surface area contributed by atoms with Crippen LogP contribution in [0.1, 0.15) is 21.5 Å². The number of nitrogens with one attached hydrogen (secondary N) is 2. The molecule has 0 spiro atoms. The van der Waals surface area contributed by atoms with Crippen LogP contribution in [0.3, 0.4) is 0 Å². The number of ether oxygens (including phenoxy) is 1. The number of methoxy groups -OCH3 is 1. The average Bonchev–Trinajstić information content (AvgIpc) is 2.85. The van der Waals surface area contributed by atoms with Crippen LogP contribution in [-0.2, 0) is 4.79 Å². The highest BCUT2D eigenvalue weighted by Crippen LogP contribution is 2.25. The highest BCUT2D eigenvalue weighted by atomic mass is 16.6. The number of hydrazone groups is 1. The summed E-state index contributed by atoms with van der Waals surface area (Å²) in [7, 11) is 1.40. The fourth-order valence-corrected chi connectivity index (χ4v) is 2.84. The van der Waals surface area contributed by atoms with Crippen molar-refractivity contribution in [2.24, 2.45) is 5.10 Å². The van der Waals surface area contributed by atoms with E-state index in [0.717, 1.165) is 0 Å². The molecule has 172 valence electrons. The van der Waals surface area contributed by atoms with Crippen LogP contribution in [0.2, 0.25) is 0 Å². The van der Waals surface area contributed by atoms with Gasteiger partial charge in [-0.3, -0.25) is 19.7 Å². The molecule has 0 unspecified atom stereocenters. The van der Waals surface area contributed by atoms with E-state index >= 15 is 0 Å². The van der Waals surface area contributed by atoms with Crippen LogP contribution in [0.4, 0.5) is 5.69 Å². The monoisotopic (exact) mass is 460 g/mol.